The van der Waals surface area contributed by atoms with Crippen LogP contribution in [-0.4, -0.2) is 52.7 Å². The molecule has 0 amide bonds. The summed E-state index contributed by atoms with van der Waals surface area (Å²) >= 11 is 0. The zero-order valence-corrected chi connectivity index (χ0v) is 12.6. The highest BCUT2D eigenvalue weighted by Gasteiger charge is 2.24. The smallest absolute Gasteiger partial charge is 0.226 e. The van der Waals surface area contributed by atoms with Crippen LogP contribution in [0.3, 0.4) is 0 Å². The van der Waals surface area contributed by atoms with E-state index in [1.165, 1.54) is 0 Å². The quantitative estimate of drug-likeness (QED) is 0.764. The summed E-state index contributed by atoms with van der Waals surface area (Å²) in [5.41, 5.74) is 0.659. The van der Waals surface area contributed by atoms with Crippen LogP contribution in [0.4, 0.5) is 11.8 Å². The number of aromatic amines is 1. The number of sulfone groups is 1. The van der Waals surface area contributed by atoms with Crippen LogP contribution < -0.4 is 10.6 Å². The molecule has 8 nitrogen and oxygen atoms in total. The Labute approximate surface area is 122 Å². The molecule has 1 aliphatic heterocycles. The first-order chi connectivity index (χ1) is 10.1. The highest BCUT2D eigenvalue weighted by molar-refractivity contribution is 7.91. The van der Waals surface area contributed by atoms with Crippen molar-refractivity contribution in [2.75, 3.05) is 28.7 Å². The van der Waals surface area contributed by atoms with Crippen LogP contribution in [0.5, 0.6) is 0 Å². The predicted octanol–water partition coefficient (Wildman–Crippen LogP) is 0.774. The van der Waals surface area contributed by atoms with Gasteiger partial charge in [0, 0.05) is 12.6 Å². The second-order valence-electron chi connectivity index (χ2n) is 5.13. The molecule has 0 bridgehead atoms. The van der Waals surface area contributed by atoms with E-state index in [9.17, 15) is 8.42 Å². The first-order valence-electron chi connectivity index (χ1n) is 6.99. The molecule has 0 atom stereocenters. The third kappa shape index (κ3) is 3.07. The first-order valence-corrected chi connectivity index (χ1v) is 8.81. The predicted molar refractivity (Wildman–Crippen MR) is 81.1 cm³/mol. The molecule has 0 radical (unpaired) electrons. The van der Waals surface area contributed by atoms with Crippen molar-refractivity contribution in [2.24, 2.45) is 0 Å². The lowest BCUT2D eigenvalue weighted by Gasteiger charge is -2.23. The second-order valence-corrected chi connectivity index (χ2v) is 7.43. The van der Waals surface area contributed by atoms with Crippen molar-refractivity contribution in [1.82, 2.24) is 20.2 Å². The summed E-state index contributed by atoms with van der Waals surface area (Å²) in [6.45, 7) is 2.69. The molecule has 0 aliphatic carbocycles. The summed E-state index contributed by atoms with van der Waals surface area (Å²) in [4.78, 5) is 8.78. The Hall–Kier alpha value is -1.90. The molecule has 0 unspecified atom stereocenters. The highest BCUT2D eigenvalue weighted by atomic mass is 32.2. The standard InChI is InChI=1S/C12H18N6O2S/c1-2-13-12-16-10(9-7-14-18-11(9)17-12)15-8-3-5-21(19,20)6-4-8/h7-8H,2-6H2,1H3,(H3,13,14,15,16,17,18). The van der Waals surface area contributed by atoms with Crippen molar-refractivity contribution in [2.45, 2.75) is 25.8 Å². The molecule has 1 fully saturated rings. The fourth-order valence-electron chi connectivity index (χ4n) is 2.41. The number of hydrogen-bond acceptors (Lipinski definition) is 7. The molecule has 2 aromatic rings. The molecule has 114 valence electrons. The van der Waals surface area contributed by atoms with Crippen molar-refractivity contribution >= 4 is 32.6 Å². The van der Waals surface area contributed by atoms with Crippen LogP contribution in [0, 0.1) is 0 Å². The van der Waals surface area contributed by atoms with Gasteiger partial charge >= 0.3 is 0 Å². The van der Waals surface area contributed by atoms with Gasteiger partial charge in [0.25, 0.3) is 0 Å². The topological polar surface area (TPSA) is 113 Å². The van der Waals surface area contributed by atoms with E-state index in [1.807, 2.05) is 6.92 Å². The average molecular weight is 310 g/mol. The van der Waals surface area contributed by atoms with Crippen LogP contribution in [0.2, 0.25) is 0 Å². The van der Waals surface area contributed by atoms with E-state index in [-0.39, 0.29) is 17.5 Å². The molecule has 2 aromatic heterocycles. The molecule has 1 saturated heterocycles. The van der Waals surface area contributed by atoms with Gasteiger partial charge in [-0.25, -0.2) is 8.42 Å². The molecular formula is C12H18N6O2S. The van der Waals surface area contributed by atoms with Crippen molar-refractivity contribution in [1.29, 1.82) is 0 Å². The lowest BCUT2D eigenvalue weighted by molar-refractivity contribution is 0.559. The number of H-pyrrole nitrogens is 1. The molecule has 3 N–H and O–H groups in total. The van der Waals surface area contributed by atoms with Crippen LogP contribution >= 0.6 is 0 Å². The van der Waals surface area contributed by atoms with Gasteiger partial charge in [0.2, 0.25) is 5.95 Å². The number of rotatable bonds is 4. The molecule has 0 aromatic carbocycles. The largest absolute Gasteiger partial charge is 0.366 e. The first kappa shape index (κ1) is 14.1. The van der Waals surface area contributed by atoms with Gasteiger partial charge in [-0.3, -0.25) is 5.10 Å². The molecule has 3 heterocycles. The van der Waals surface area contributed by atoms with Crippen molar-refractivity contribution in [3.8, 4) is 0 Å². The Kier molecular flexibility index (Phi) is 3.66. The van der Waals surface area contributed by atoms with Gasteiger partial charge in [-0.15, -0.1) is 0 Å². The summed E-state index contributed by atoms with van der Waals surface area (Å²) < 4.78 is 23.0. The van der Waals surface area contributed by atoms with Crippen LogP contribution in [-0.2, 0) is 9.84 Å². The molecule has 0 saturated carbocycles. The third-order valence-electron chi connectivity index (χ3n) is 3.54. The number of nitrogens with one attached hydrogen (secondary N) is 3. The molecule has 9 heteroatoms. The third-order valence-corrected chi connectivity index (χ3v) is 5.26. The maximum Gasteiger partial charge on any atom is 0.226 e. The minimum atomic E-state index is -2.86. The number of hydrogen-bond donors (Lipinski definition) is 3. The number of nitrogens with zero attached hydrogens (tertiary/aromatic N) is 3. The SMILES string of the molecule is CCNc1nc(NC2CCS(=O)(=O)CC2)c2cn[nH]c2n1. The van der Waals surface area contributed by atoms with E-state index in [0.717, 1.165) is 11.9 Å². The summed E-state index contributed by atoms with van der Waals surface area (Å²) in [7, 11) is -2.86. The van der Waals surface area contributed by atoms with Gasteiger partial charge < -0.3 is 10.6 Å². The van der Waals surface area contributed by atoms with E-state index < -0.39 is 9.84 Å². The van der Waals surface area contributed by atoms with E-state index >= 15 is 0 Å². The highest BCUT2D eigenvalue weighted by Crippen LogP contribution is 2.23. The van der Waals surface area contributed by atoms with Crippen LogP contribution in [0.15, 0.2) is 6.20 Å². The summed E-state index contributed by atoms with van der Waals surface area (Å²) in [5, 5.41) is 14.0. The lowest BCUT2D eigenvalue weighted by atomic mass is 10.1. The second kappa shape index (κ2) is 5.47. The van der Waals surface area contributed by atoms with Crippen LogP contribution in [0.25, 0.3) is 11.0 Å². The average Bonchev–Trinajstić information content (AvgIpc) is 2.90. The minimum Gasteiger partial charge on any atom is -0.366 e. The maximum absolute atomic E-state index is 11.5. The zero-order valence-electron chi connectivity index (χ0n) is 11.8. The van der Waals surface area contributed by atoms with E-state index in [1.54, 1.807) is 6.20 Å². The maximum atomic E-state index is 11.5. The molecule has 21 heavy (non-hydrogen) atoms. The van der Waals surface area contributed by atoms with Gasteiger partial charge in [0.15, 0.2) is 5.65 Å². The fourth-order valence-corrected chi connectivity index (χ4v) is 3.90. The molecule has 1 aliphatic rings. The Morgan fingerprint density at radius 3 is 2.81 bits per heavy atom. The van der Waals surface area contributed by atoms with E-state index in [2.05, 4.69) is 30.8 Å². The van der Waals surface area contributed by atoms with Gasteiger partial charge in [0.1, 0.15) is 15.7 Å². The Morgan fingerprint density at radius 1 is 1.33 bits per heavy atom. The summed E-state index contributed by atoms with van der Waals surface area (Å²) in [6, 6.07) is 0.107. The normalized spacial score (nSPS) is 18.7. The molecule has 0 spiro atoms. The van der Waals surface area contributed by atoms with Crippen LogP contribution in [0.1, 0.15) is 19.8 Å². The Morgan fingerprint density at radius 2 is 2.10 bits per heavy atom. The molecular weight excluding hydrogens is 292 g/mol. The minimum absolute atomic E-state index is 0.107. The summed E-state index contributed by atoms with van der Waals surface area (Å²) in [6.07, 6.45) is 2.87. The molecule has 3 rings (SSSR count). The van der Waals surface area contributed by atoms with Crippen molar-refractivity contribution in [3.63, 3.8) is 0 Å². The van der Waals surface area contributed by atoms with E-state index in [0.29, 0.717) is 30.3 Å². The monoisotopic (exact) mass is 310 g/mol. The van der Waals surface area contributed by atoms with Crippen molar-refractivity contribution in [3.05, 3.63) is 6.20 Å². The van der Waals surface area contributed by atoms with E-state index in [4.69, 9.17) is 0 Å². The van der Waals surface area contributed by atoms with Gasteiger partial charge in [-0.1, -0.05) is 0 Å². The van der Waals surface area contributed by atoms with Gasteiger partial charge in [0.05, 0.1) is 23.1 Å². The fraction of sp³-hybridized carbons (Fsp3) is 0.583. The number of anilines is 2. The van der Waals surface area contributed by atoms with Gasteiger partial charge in [-0.05, 0) is 19.8 Å². The number of fused-ring (bicyclic) bond motifs is 1. The Balaban J connectivity index is 1.84. The Bertz CT molecular complexity index is 727. The van der Waals surface area contributed by atoms with Crippen molar-refractivity contribution < 1.29 is 8.42 Å². The number of aromatic nitrogens is 4. The lowest BCUT2D eigenvalue weighted by Crippen LogP contribution is -2.32. The zero-order chi connectivity index (χ0) is 14.9. The summed E-state index contributed by atoms with van der Waals surface area (Å²) in [5.74, 6) is 1.67. The van der Waals surface area contributed by atoms with Gasteiger partial charge in [-0.2, -0.15) is 15.1 Å².